The van der Waals surface area contributed by atoms with E-state index >= 15 is 0 Å². The van der Waals surface area contributed by atoms with E-state index in [2.05, 4.69) is 55.3 Å². The maximum absolute atomic E-state index is 5.28. The Hall–Kier alpha value is -1.68. The van der Waals surface area contributed by atoms with Crippen molar-refractivity contribution in [3.8, 4) is 0 Å². The topological polar surface area (TPSA) is 51.0 Å². The van der Waals surface area contributed by atoms with Crippen molar-refractivity contribution in [3.63, 3.8) is 0 Å². The van der Waals surface area contributed by atoms with Crippen molar-refractivity contribution in [1.82, 2.24) is 15.5 Å². The lowest BCUT2D eigenvalue weighted by Crippen LogP contribution is -2.29. The van der Waals surface area contributed by atoms with Crippen LogP contribution in [0, 0.1) is 11.3 Å². The molecule has 114 valence electrons. The van der Waals surface area contributed by atoms with E-state index in [-0.39, 0.29) is 0 Å². The first-order chi connectivity index (χ1) is 9.95. The molecule has 0 saturated heterocycles. The SMILES string of the molecule is CC(CNCc1nc(Cc2ccccc2)no1)C(C)(C)C. The van der Waals surface area contributed by atoms with Gasteiger partial charge < -0.3 is 9.84 Å². The molecule has 0 saturated carbocycles. The zero-order chi connectivity index (χ0) is 15.3. The van der Waals surface area contributed by atoms with Gasteiger partial charge in [0.1, 0.15) is 0 Å². The third-order valence-electron chi connectivity index (χ3n) is 3.92. The van der Waals surface area contributed by atoms with Crippen molar-refractivity contribution >= 4 is 0 Å². The van der Waals surface area contributed by atoms with Gasteiger partial charge in [0, 0.05) is 6.42 Å². The predicted molar refractivity (Wildman–Crippen MR) is 83.9 cm³/mol. The summed E-state index contributed by atoms with van der Waals surface area (Å²) in [5.41, 5.74) is 1.50. The van der Waals surface area contributed by atoms with Gasteiger partial charge in [-0.1, -0.05) is 63.2 Å². The molecule has 0 fully saturated rings. The van der Waals surface area contributed by atoms with E-state index in [1.165, 1.54) is 5.56 Å². The summed E-state index contributed by atoms with van der Waals surface area (Å²) in [7, 11) is 0. The molecule has 4 heteroatoms. The first kappa shape index (κ1) is 15.7. The van der Waals surface area contributed by atoms with Crippen LogP contribution in [0.5, 0.6) is 0 Å². The van der Waals surface area contributed by atoms with Gasteiger partial charge in [-0.05, 0) is 23.4 Å². The Morgan fingerprint density at radius 1 is 1.19 bits per heavy atom. The maximum atomic E-state index is 5.28. The molecule has 0 amide bonds. The fraction of sp³-hybridized carbons (Fsp3) is 0.529. The second kappa shape index (κ2) is 6.85. The van der Waals surface area contributed by atoms with E-state index in [0.717, 1.165) is 12.4 Å². The standard InChI is InChI=1S/C17H25N3O/c1-13(17(2,3)4)11-18-12-16-19-15(20-21-16)10-14-8-6-5-7-9-14/h5-9,13,18H,10-12H2,1-4H3. The van der Waals surface area contributed by atoms with E-state index in [9.17, 15) is 0 Å². The Morgan fingerprint density at radius 3 is 2.57 bits per heavy atom. The van der Waals surface area contributed by atoms with E-state index in [1.807, 2.05) is 18.2 Å². The van der Waals surface area contributed by atoms with Gasteiger partial charge in [0.2, 0.25) is 5.89 Å². The van der Waals surface area contributed by atoms with Crippen molar-refractivity contribution in [2.45, 2.75) is 40.7 Å². The van der Waals surface area contributed by atoms with Gasteiger partial charge >= 0.3 is 0 Å². The van der Waals surface area contributed by atoms with Gasteiger partial charge in [-0.25, -0.2) is 0 Å². The minimum absolute atomic E-state index is 0.306. The van der Waals surface area contributed by atoms with E-state index < -0.39 is 0 Å². The highest BCUT2D eigenvalue weighted by Crippen LogP contribution is 2.24. The molecule has 0 spiro atoms. The van der Waals surface area contributed by atoms with E-state index in [1.54, 1.807) is 0 Å². The van der Waals surface area contributed by atoms with Gasteiger partial charge in [-0.2, -0.15) is 4.98 Å². The minimum Gasteiger partial charge on any atom is -0.338 e. The summed E-state index contributed by atoms with van der Waals surface area (Å²) >= 11 is 0. The van der Waals surface area contributed by atoms with Crippen LogP contribution in [0.4, 0.5) is 0 Å². The average molecular weight is 287 g/mol. The molecule has 4 nitrogen and oxygen atoms in total. The second-order valence-corrected chi connectivity index (χ2v) is 6.66. The second-order valence-electron chi connectivity index (χ2n) is 6.66. The number of hydrogen-bond acceptors (Lipinski definition) is 4. The number of nitrogens with zero attached hydrogens (tertiary/aromatic N) is 2. The lowest BCUT2D eigenvalue weighted by Gasteiger charge is -2.27. The van der Waals surface area contributed by atoms with Crippen molar-refractivity contribution in [2.24, 2.45) is 11.3 Å². The first-order valence-corrected chi connectivity index (χ1v) is 7.51. The molecule has 21 heavy (non-hydrogen) atoms. The molecular weight excluding hydrogens is 262 g/mol. The van der Waals surface area contributed by atoms with Crippen LogP contribution in [0.25, 0.3) is 0 Å². The summed E-state index contributed by atoms with van der Waals surface area (Å²) in [5, 5.41) is 7.42. The predicted octanol–water partition coefficient (Wildman–Crippen LogP) is 3.43. The largest absolute Gasteiger partial charge is 0.338 e. The van der Waals surface area contributed by atoms with Crippen LogP contribution < -0.4 is 5.32 Å². The Labute approximate surface area is 127 Å². The zero-order valence-electron chi connectivity index (χ0n) is 13.4. The summed E-state index contributed by atoms with van der Waals surface area (Å²) in [4.78, 5) is 4.42. The summed E-state index contributed by atoms with van der Waals surface area (Å²) in [5.74, 6) is 1.98. The van der Waals surface area contributed by atoms with E-state index in [4.69, 9.17) is 4.52 Å². The Kier molecular flexibility index (Phi) is 5.12. The number of benzene rings is 1. The van der Waals surface area contributed by atoms with Crippen molar-refractivity contribution < 1.29 is 4.52 Å². The molecule has 2 rings (SSSR count). The van der Waals surface area contributed by atoms with Crippen molar-refractivity contribution in [1.29, 1.82) is 0 Å². The normalized spacial score (nSPS) is 13.3. The Bertz CT molecular complexity index is 543. The molecule has 0 aliphatic carbocycles. The van der Waals surface area contributed by atoms with E-state index in [0.29, 0.717) is 30.2 Å². The average Bonchev–Trinajstić information content (AvgIpc) is 2.86. The number of hydrogen-bond donors (Lipinski definition) is 1. The fourth-order valence-electron chi connectivity index (χ4n) is 1.91. The first-order valence-electron chi connectivity index (χ1n) is 7.51. The van der Waals surface area contributed by atoms with Crippen molar-refractivity contribution in [2.75, 3.05) is 6.54 Å². The smallest absolute Gasteiger partial charge is 0.240 e. The highest BCUT2D eigenvalue weighted by molar-refractivity contribution is 5.18. The number of nitrogens with one attached hydrogen (secondary N) is 1. The molecular formula is C17H25N3O. The van der Waals surface area contributed by atoms with Gasteiger partial charge in [0.25, 0.3) is 0 Å². The van der Waals surface area contributed by atoms with Crippen LogP contribution in [0.2, 0.25) is 0 Å². The zero-order valence-corrected chi connectivity index (χ0v) is 13.4. The van der Waals surface area contributed by atoms with Gasteiger partial charge in [-0.15, -0.1) is 0 Å². The van der Waals surface area contributed by atoms with Crippen LogP contribution >= 0.6 is 0 Å². The summed E-state index contributed by atoms with van der Waals surface area (Å²) in [6, 6.07) is 10.2. The quantitative estimate of drug-likeness (QED) is 0.884. The lowest BCUT2D eigenvalue weighted by molar-refractivity contribution is 0.248. The maximum Gasteiger partial charge on any atom is 0.240 e. The summed E-state index contributed by atoms with van der Waals surface area (Å²) in [6.07, 6.45) is 0.711. The molecule has 2 aromatic rings. The molecule has 0 radical (unpaired) electrons. The van der Waals surface area contributed by atoms with Crippen LogP contribution in [-0.2, 0) is 13.0 Å². The van der Waals surface area contributed by atoms with Gasteiger partial charge in [0.05, 0.1) is 6.54 Å². The van der Waals surface area contributed by atoms with Gasteiger partial charge in [0.15, 0.2) is 5.82 Å². The molecule has 0 aliphatic heterocycles. The van der Waals surface area contributed by atoms with Crippen LogP contribution in [-0.4, -0.2) is 16.7 Å². The number of aromatic nitrogens is 2. The molecule has 1 unspecified atom stereocenters. The summed E-state index contributed by atoms with van der Waals surface area (Å²) in [6.45, 7) is 10.6. The molecule has 1 aromatic heterocycles. The van der Waals surface area contributed by atoms with Crippen LogP contribution in [0.15, 0.2) is 34.9 Å². The highest BCUT2D eigenvalue weighted by Gasteiger charge is 2.19. The molecule has 1 heterocycles. The van der Waals surface area contributed by atoms with Gasteiger partial charge in [-0.3, -0.25) is 0 Å². The monoisotopic (exact) mass is 287 g/mol. The molecule has 1 atom stereocenters. The summed E-state index contributed by atoms with van der Waals surface area (Å²) < 4.78 is 5.28. The lowest BCUT2D eigenvalue weighted by atomic mass is 9.82. The third kappa shape index (κ3) is 4.97. The molecule has 1 aromatic carbocycles. The molecule has 0 bridgehead atoms. The minimum atomic E-state index is 0.306. The highest BCUT2D eigenvalue weighted by atomic mass is 16.5. The fourth-order valence-corrected chi connectivity index (χ4v) is 1.91. The Balaban J connectivity index is 1.81. The molecule has 0 aliphatic rings. The number of rotatable bonds is 6. The van der Waals surface area contributed by atoms with Crippen LogP contribution in [0.3, 0.4) is 0 Å². The molecule has 1 N–H and O–H groups in total. The Morgan fingerprint density at radius 2 is 1.90 bits per heavy atom. The van der Waals surface area contributed by atoms with Crippen LogP contribution in [0.1, 0.15) is 45.0 Å². The van der Waals surface area contributed by atoms with Crippen molar-refractivity contribution in [3.05, 3.63) is 47.6 Å². The third-order valence-corrected chi connectivity index (χ3v) is 3.92.